The van der Waals surface area contributed by atoms with Gasteiger partial charge in [-0.25, -0.2) is 4.79 Å². The largest absolute Gasteiger partial charge is 0.497 e. The lowest BCUT2D eigenvalue weighted by Crippen LogP contribution is -2.58. The fourth-order valence-corrected chi connectivity index (χ4v) is 6.63. The van der Waals surface area contributed by atoms with Crippen molar-refractivity contribution >= 4 is 34.3 Å². The van der Waals surface area contributed by atoms with E-state index in [1.807, 2.05) is 53.9 Å². The van der Waals surface area contributed by atoms with E-state index in [1.165, 1.54) is 11.8 Å². The molecule has 7 nitrogen and oxygen atoms in total. The van der Waals surface area contributed by atoms with E-state index in [0.717, 1.165) is 21.8 Å². The van der Waals surface area contributed by atoms with E-state index in [2.05, 4.69) is 0 Å². The van der Waals surface area contributed by atoms with Gasteiger partial charge in [0, 0.05) is 37.1 Å². The number of ether oxygens (including phenoxy) is 4. The van der Waals surface area contributed by atoms with Gasteiger partial charge in [-0.3, -0.25) is 4.79 Å². The molecule has 0 N–H and O–H groups in total. The lowest BCUT2D eigenvalue weighted by atomic mass is 9.95. The van der Waals surface area contributed by atoms with Crippen LogP contribution in [0.3, 0.4) is 0 Å². The van der Waals surface area contributed by atoms with Crippen molar-refractivity contribution < 1.29 is 28.5 Å². The molecule has 2 aliphatic heterocycles. The molecule has 1 aromatic heterocycles. The molecule has 3 aromatic rings. The summed E-state index contributed by atoms with van der Waals surface area (Å²) in [5, 5.41) is 2.00. The van der Waals surface area contributed by atoms with E-state index < -0.39 is 5.79 Å². The Balaban J connectivity index is 1.27. The highest BCUT2D eigenvalue weighted by molar-refractivity contribution is 8.13. The maximum Gasteiger partial charge on any atom is 0.338 e. The Labute approximate surface area is 224 Å². The number of amides is 1. The van der Waals surface area contributed by atoms with Gasteiger partial charge in [0.05, 0.1) is 25.3 Å². The minimum absolute atomic E-state index is 0.0224. The maximum atomic E-state index is 13.0. The molecule has 2 fully saturated rings. The Morgan fingerprint density at radius 2 is 1.89 bits per heavy atom. The van der Waals surface area contributed by atoms with Gasteiger partial charge in [0.15, 0.2) is 5.79 Å². The molecular formula is C28H29NO6S2. The highest BCUT2D eigenvalue weighted by atomic mass is 32.2. The second-order valence-corrected chi connectivity index (χ2v) is 10.9. The Kier molecular flexibility index (Phi) is 7.85. The van der Waals surface area contributed by atoms with Crippen LogP contribution in [0.4, 0.5) is 4.79 Å². The number of thiophene rings is 1. The Morgan fingerprint density at radius 1 is 1.11 bits per heavy atom. The highest BCUT2D eigenvalue weighted by Gasteiger charge is 2.52. The van der Waals surface area contributed by atoms with E-state index >= 15 is 0 Å². The first-order valence-corrected chi connectivity index (χ1v) is 14.0. The summed E-state index contributed by atoms with van der Waals surface area (Å²) in [6.07, 6.45) is 0.526. The summed E-state index contributed by atoms with van der Waals surface area (Å²) < 4.78 is 23.3. The summed E-state index contributed by atoms with van der Waals surface area (Å²) in [4.78, 5) is 28.7. The number of rotatable bonds is 8. The molecule has 1 amide bonds. The second kappa shape index (κ2) is 11.3. The maximum absolute atomic E-state index is 13.0. The van der Waals surface area contributed by atoms with Crippen molar-refractivity contribution in [2.75, 3.05) is 26.6 Å². The summed E-state index contributed by atoms with van der Waals surface area (Å²) >= 11 is 2.91. The third-order valence-corrected chi connectivity index (χ3v) is 8.72. The van der Waals surface area contributed by atoms with Crippen LogP contribution in [0.1, 0.15) is 28.8 Å². The van der Waals surface area contributed by atoms with Crippen LogP contribution in [0.5, 0.6) is 5.75 Å². The van der Waals surface area contributed by atoms with Crippen LogP contribution in [-0.2, 0) is 20.8 Å². The quantitative estimate of drug-likeness (QED) is 0.333. The molecule has 2 aromatic carbocycles. The molecule has 2 unspecified atom stereocenters. The van der Waals surface area contributed by atoms with Crippen molar-refractivity contribution in [3.8, 4) is 16.2 Å². The number of carbonyl (C=O) groups is 2. The van der Waals surface area contributed by atoms with Gasteiger partial charge in [0.1, 0.15) is 11.9 Å². The molecular weight excluding hydrogens is 510 g/mol. The number of esters is 1. The zero-order valence-electron chi connectivity index (χ0n) is 20.8. The normalized spacial score (nSPS) is 23.7. The predicted molar refractivity (Wildman–Crippen MR) is 144 cm³/mol. The van der Waals surface area contributed by atoms with E-state index in [9.17, 15) is 9.59 Å². The number of nitrogens with zero attached hydrogens (tertiary/aromatic N) is 1. The fourth-order valence-electron chi connectivity index (χ4n) is 4.80. The Bertz CT molecular complexity index is 1210. The minimum atomic E-state index is -1.06. The van der Waals surface area contributed by atoms with Gasteiger partial charge >= 0.3 is 5.97 Å². The summed E-state index contributed by atoms with van der Waals surface area (Å²) in [6, 6.07) is 18.8. The summed E-state index contributed by atoms with van der Waals surface area (Å²) in [7, 11) is 3.21. The molecule has 2 saturated heterocycles. The van der Waals surface area contributed by atoms with Crippen molar-refractivity contribution in [3.05, 3.63) is 77.2 Å². The van der Waals surface area contributed by atoms with Crippen LogP contribution in [0, 0.1) is 0 Å². The molecule has 3 atom stereocenters. The zero-order chi connectivity index (χ0) is 25.8. The first-order chi connectivity index (χ1) is 18.0. The number of hydrogen-bond acceptors (Lipinski definition) is 8. The average Bonchev–Trinajstić information content (AvgIpc) is 3.60. The third-order valence-electron chi connectivity index (χ3n) is 6.84. The van der Waals surface area contributed by atoms with Gasteiger partial charge in [-0.2, -0.15) is 0 Å². The molecule has 0 bridgehead atoms. The van der Waals surface area contributed by atoms with Crippen LogP contribution >= 0.6 is 23.1 Å². The molecule has 5 rings (SSSR count). The molecule has 0 spiro atoms. The smallest absolute Gasteiger partial charge is 0.338 e. The molecule has 3 heterocycles. The van der Waals surface area contributed by atoms with Crippen LogP contribution < -0.4 is 4.74 Å². The lowest BCUT2D eigenvalue weighted by molar-refractivity contribution is -0.280. The molecule has 0 radical (unpaired) electrons. The standard InChI is InChI=1S/C28H29NO6S2/c1-32-22-11-5-19(6-12-22)17-29-25(18-37-27(29)31)28(33-2)16-23(13-14-34-28)35-26(30)21-9-7-20(8-10-21)24-4-3-15-36-24/h3-12,15,23,25H,13-14,16-18H2,1-2H3/t23?,25-,28?/m0/s1. The zero-order valence-corrected chi connectivity index (χ0v) is 22.4. The van der Waals surface area contributed by atoms with Crippen molar-refractivity contribution in [2.24, 2.45) is 0 Å². The molecule has 0 saturated carbocycles. The SMILES string of the molecule is COc1ccc(CN2C(=O)SC[C@H]2C2(OC)CC(OC(=O)c3ccc(-c4cccs4)cc3)CCO2)cc1. The monoisotopic (exact) mass is 539 g/mol. The number of thioether (sulfide) groups is 1. The van der Waals surface area contributed by atoms with Crippen LogP contribution in [0.2, 0.25) is 0 Å². The van der Waals surface area contributed by atoms with Gasteiger partial charge in [-0.05, 0) is 46.8 Å². The van der Waals surface area contributed by atoms with Crippen LogP contribution in [-0.4, -0.2) is 60.6 Å². The highest BCUT2D eigenvalue weighted by Crippen LogP contribution is 2.40. The lowest BCUT2D eigenvalue weighted by Gasteiger charge is -2.45. The second-order valence-electron chi connectivity index (χ2n) is 9.01. The van der Waals surface area contributed by atoms with Crippen LogP contribution in [0.25, 0.3) is 10.4 Å². The number of hydrogen-bond donors (Lipinski definition) is 0. The van der Waals surface area contributed by atoms with Gasteiger partial charge in [-0.15, -0.1) is 11.3 Å². The van der Waals surface area contributed by atoms with E-state index in [-0.39, 0.29) is 23.4 Å². The third kappa shape index (κ3) is 5.55. The summed E-state index contributed by atoms with van der Waals surface area (Å²) in [5.74, 6) is -0.134. The molecule has 9 heteroatoms. The van der Waals surface area contributed by atoms with Gasteiger partial charge in [0.25, 0.3) is 5.24 Å². The molecule has 0 aliphatic carbocycles. The van der Waals surface area contributed by atoms with E-state index in [0.29, 0.717) is 37.3 Å². The number of methoxy groups -OCH3 is 2. The van der Waals surface area contributed by atoms with Gasteiger partial charge in [0.2, 0.25) is 0 Å². The minimum Gasteiger partial charge on any atom is -0.497 e. The van der Waals surface area contributed by atoms with Gasteiger partial charge in [-0.1, -0.05) is 42.1 Å². The number of benzene rings is 2. The first kappa shape index (κ1) is 25.8. The number of carbonyl (C=O) groups excluding carboxylic acids is 2. The van der Waals surface area contributed by atoms with Crippen molar-refractivity contribution in [1.82, 2.24) is 4.90 Å². The van der Waals surface area contributed by atoms with Crippen LogP contribution in [0.15, 0.2) is 66.0 Å². The Morgan fingerprint density at radius 3 is 2.57 bits per heavy atom. The molecule has 2 aliphatic rings. The van der Waals surface area contributed by atoms with Crippen molar-refractivity contribution in [3.63, 3.8) is 0 Å². The van der Waals surface area contributed by atoms with Crippen molar-refractivity contribution in [1.29, 1.82) is 0 Å². The fraction of sp³-hybridized carbons (Fsp3) is 0.357. The average molecular weight is 540 g/mol. The Hall–Kier alpha value is -2.85. The van der Waals surface area contributed by atoms with E-state index in [1.54, 1.807) is 42.6 Å². The van der Waals surface area contributed by atoms with Crippen molar-refractivity contribution in [2.45, 2.75) is 37.3 Å². The first-order valence-electron chi connectivity index (χ1n) is 12.1. The summed E-state index contributed by atoms with van der Waals surface area (Å²) in [6.45, 7) is 0.796. The van der Waals surface area contributed by atoms with Gasteiger partial charge < -0.3 is 23.8 Å². The summed E-state index contributed by atoms with van der Waals surface area (Å²) in [5.41, 5.74) is 2.55. The van der Waals surface area contributed by atoms with E-state index in [4.69, 9.17) is 18.9 Å². The molecule has 194 valence electrons. The predicted octanol–water partition coefficient (Wildman–Crippen LogP) is 5.84. The topological polar surface area (TPSA) is 74.3 Å². The molecule has 37 heavy (non-hydrogen) atoms.